The molecule has 11 nitrogen and oxygen atoms in total. The molecule has 0 radical (unpaired) electrons. The highest BCUT2D eigenvalue weighted by Gasteiger charge is 2.56. The van der Waals surface area contributed by atoms with Gasteiger partial charge in [0.2, 0.25) is 21.9 Å². The van der Waals surface area contributed by atoms with Crippen LogP contribution in [-0.2, 0) is 19.6 Å². The van der Waals surface area contributed by atoms with Crippen molar-refractivity contribution in [1.82, 2.24) is 19.6 Å². The van der Waals surface area contributed by atoms with E-state index in [9.17, 15) is 18.0 Å². The Morgan fingerprint density at radius 1 is 1.11 bits per heavy atom. The second-order valence-electron chi connectivity index (χ2n) is 8.57. The summed E-state index contributed by atoms with van der Waals surface area (Å²) < 4.78 is 37.8. The fraction of sp³-hybridized carbons (Fsp3) is 0.364. The van der Waals surface area contributed by atoms with E-state index < -0.39 is 21.2 Å². The minimum Gasteiger partial charge on any atom is -0.475 e. The van der Waals surface area contributed by atoms with Crippen LogP contribution in [0.1, 0.15) is 5.69 Å². The van der Waals surface area contributed by atoms with Crippen molar-refractivity contribution in [3.63, 3.8) is 0 Å². The number of carbonyl (C=O) groups excluding carboxylic acids is 2. The molecule has 3 fully saturated rings. The van der Waals surface area contributed by atoms with Crippen molar-refractivity contribution in [2.24, 2.45) is 5.41 Å². The molecule has 1 aromatic heterocycles. The number of sulfonamides is 1. The summed E-state index contributed by atoms with van der Waals surface area (Å²) in [5.41, 5.74) is 0.280. The fourth-order valence-corrected chi connectivity index (χ4v) is 6.58. The molecule has 184 valence electrons. The minimum absolute atomic E-state index is 0.148. The third-order valence-electron chi connectivity index (χ3n) is 5.91. The van der Waals surface area contributed by atoms with Crippen LogP contribution in [0.5, 0.6) is 5.88 Å². The first kappa shape index (κ1) is 23.7. The molecule has 0 bridgehead atoms. The third-order valence-corrected chi connectivity index (χ3v) is 8.53. The number of amides is 2. The van der Waals surface area contributed by atoms with Gasteiger partial charge in [0.15, 0.2) is 0 Å². The number of anilines is 1. The van der Waals surface area contributed by atoms with Crippen LogP contribution in [0.25, 0.3) is 6.08 Å². The Bertz CT molecular complexity index is 1290. The highest BCUT2D eigenvalue weighted by molar-refractivity contribution is 8.18. The smallest absolute Gasteiger partial charge is 0.290 e. The molecule has 1 aromatic carbocycles. The predicted octanol–water partition coefficient (Wildman–Crippen LogP) is 1.34. The van der Waals surface area contributed by atoms with E-state index in [2.05, 4.69) is 15.3 Å². The van der Waals surface area contributed by atoms with Gasteiger partial charge >= 0.3 is 0 Å². The van der Waals surface area contributed by atoms with E-state index in [1.54, 1.807) is 43.5 Å². The van der Waals surface area contributed by atoms with Crippen molar-refractivity contribution in [3.05, 3.63) is 47.0 Å². The number of rotatable bonds is 8. The van der Waals surface area contributed by atoms with Gasteiger partial charge in [0.1, 0.15) is 6.61 Å². The largest absolute Gasteiger partial charge is 0.475 e. The first-order chi connectivity index (χ1) is 16.8. The van der Waals surface area contributed by atoms with Gasteiger partial charge in [0.25, 0.3) is 11.1 Å². The lowest BCUT2D eigenvalue weighted by molar-refractivity contribution is -0.115. The van der Waals surface area contributed by atoms with Crippen LogP contribution in [0.15, 0.2) is 46.2 Å². The van der Waals surface area contributed by atoms with Crippen molar-refractivity contribution in [2.75, 3.05) is 51.4 Å². The average molecular weight is 518 g/mol. The van der Waals surface area contributed by atoms with E-state index in [1.165, 1.54) is 10.4 Å². The lowest BCUT2D eigenvalue weighted by Crippen LogP contribution is -2.73. The van der Waals surface area contributed by atoms with Crippen molar-refractivity contribution in [2.45, 2.75) is 4.90 Å². The first-order valence-electron chi connectivity index (χ1n) is 10.8. The Balaban J connectivity index is 1.30. The molecule has 0 atom stereocenters. The molecular formula is C22H23N5O6S2. The summed E-state index contributed by atoms with van der Waals surface area (Å²) in [7, 11) is -1.94. The number of hydrogen-bond donors (Lipinski definition) is 1. The number of carbonyl (C=O) groups is 2. The third kappa shape index (κ3) is 4.76. The Labute approximate surface area is 206 Å². The molecule has 3 aliphatic heterocycles. The van der Waals surface area contributed by atoms with E-state index in [0.29, 0.717) is 55.2 Å². The minimum atomic E-state index is -3.50. The quantitative estimate of drug-likeness (QED) is 0.404. The fourth-order valence-electron chi connectivity index (χ4n) is 4.22. The standard InChI is InChI=1S/C22H23N5O6S2/c1-32-7-8-33-18-10-15(9-17-19(28)25-21(29)34-17)23-20(24-18)26-11-22(12-26)13-27(14-22)35(30,31)16-5-3-2-4-6-16/h2-6,9-10H,7-8,11-14H2,1H3,(H,25,28,29). The van der Waals surface area contributed by atoms with Crippen LogP contribution in [0, 0.1) is 5.41 Å². The maximum absolute atomic E-state index is 12.8. The second-order valence-corrected chi connectivity index (χ2v) is 11.5. The molecule has 0 aliphatic carbocycles. The number of imide groups is 1. The summed E-state index contributed by atoms with van der Waals surface area (Å²) >= 11 is 0.807. The highest BCUT2D eigenvalue weighted by atomic mass is 32.2. The van der Waals surface area contributed by atoms with Gasteiger partial charge in [0, 0.05) is 44.8 Å². The van der Waals surface area contributed by atoms with Gasteiger partial charge in [0.05, 0.1) is 22.1 Å². The van der Waals surface area contributed by atoms with Gasteiger partial charge in [-0.15, -0.1) is 0 Å². The molecule has 5 rings (SSSR count). The lowest BCUT2D eigenvalue weighted by atomic mass is 9.74. The van der Waals surface area contributed by atoms with Crippen molar-refractivity contribution < 1.29 is 27.5 Å². The number of thioether (sulfide) groups is 1. The van der Waals surface area contributed by atoms with Crippen molar-refractivity contribution in [1.29, 1.82) is 0 Å². The Kier molecular flexibility index (Phi) is 6.25. The topological polar surface area (TPSA) is 131 Å². The zero-order chi connectivity index (χ0) is 24.6. The summed E-state index contributed by atoms with van der Waals surface area (Å²) in [4.78, 5) is 34.9. The summed E-state index contributed by atoms with van der Waals surface area (Å²) in [6.07, 6.45) is 1.52. The normalized spacial score (nSPS) is 20.6. The SMILES string of the molecule is COCCOc1cc(C=C2SC(=O)NC2=O)nc(N2CC3(C2)CN(S(=O)(=O)c2ccccc2)C3)n1. The molecule has 2 amide bonds. The van der Waals surface area contributed by atoms with E-state index in [0.717, 1.165) is 11.8 Å². The van der Waals surface area contributed by atoms with E-state index in [-0.39, 0.29) is 16.9 Å². The zero-order valence-electron chi connectivity index (χ0n) is 18.8. The van der Waals surface area contributed by atoms with E-state index in [1.807, 2.05) is 4.90 Å². The van der Waals surface area contributed by atoms with Crippen LogP contribution in [0.4, 0.5) is 10.7 Å². The number of benzene rings is 1. The van der Waals surface area contributed by atoms with Gasteiger partial charge in [-0.05, 0) is 30.0 Å². The second kappa shape index (κ2) is 9.22. The Morgan fingerprint density at radius 2 is 1.86 bits per heavy atom. The zero-order valence-corrected chi connectivity index (χ0v) is 20.5. The van der Waals surface area contributed by atoms with Crippen LogP contribution < -0.4 is 15.0 Å². The number of aromatic nitrogens is 2. The predicted molar refractivity (Wildman–Crippen MR) is 128 cm³/mol. The monoisotopic (exact) mass is 517 g/mol. The molecule has 13 heteroatoms. The maximum Gasteiger partial charge on any atom is 0.290 e. The molecule has 1 N–H and O–H groups in total. The molecule has 0 unspecified atom stereocenters. The Morgan fingerprint density at radius 3 is 2.51 bits per heavy atom. The van der Waals surface area contributed by atoms with Crippen LogP contribution in [0.2, 0.25) is 0 Å². The molecule has 3 aliphatic rings. The number of nitrogens with zero attached hydrogens (tertiary/aromatic N) is 4. The molecule has 0 saturated carbocycles. The first-order valence-corrected chi connectivity index (χ1v) is 13.1. The molecule has 2 aromatic rings. The van der Waals surface area contributed by atoms with Crippen LogP contribution in [-0.4, -0.2) is 80.3 Å². The van der Waals surface area contributed by atoms with E-state index in [4.69, 9.17) is 9.47 Å². The maximum atomic E-state index is 12.8. The van der Waals surface area contributed by atoms with Gasteiger partial charge < -0.3 is 14.4 Å². The molecular weight excluding hydrogens is 494 g/mol. The van der Waals surface area contributed by atoms with Gasteiger partial charge in [-0.2, -0.15) is 9.29 Å². The average Bonchev–Trinajstić information content (AvgIpc) is 3.09. The number of ether oxygens (including phenoxy) is 2. The number of hydrogen-bond acceptors (Lipinski definition) is 10. The van der Waals surface area contributed by atoms with Crippen molar-refractivity contribution in [3.8, 4) is 5.88 Å². The lowest BCUT2D eigenvalue weighted by Gasteiger charge is -2.59. The Hall–Kier alpha value is -3.00. The summed E-state index contributed by atoms with van der Waals surface area (Å²) in [5.74, 6) is 0.257. The summed E-state index contributed by atoms with van der Waals surface area (Å²) in [6.45, 7) is 2.72. The number of methoxy groups -OCH3 is 1. The highest BCUT2D eigenvalue weighted by Crippen LogP contribution is 2.43. The number of nitrogens with one attached hydrogen (secondary N) is 1. The van der Waals surface area contributed by atoms with Crippen LogP contribution >= 0.6 is 11.8 Å². The van der Waals surface area contributed by atoms with E-state index >= 15 is 0 Å². The molecule has 3 saturated heterocycles. The molecule has 35 heavy (non-hydrogen) atoms. The molecule has 1 spiro atoms. The van der Waals surface area contributed by atoms with Crippen molar-refractivity contribution >= 4 is 45.0 Å². The van der Waals surface area contributed by atoms with Gasteiger partial charge in [-0.3, -0.25) is 14.9 Å². The van der Waals surface area contributed by atoms with Crippen LogP contribution in [0.3, 0.4) is 0 Å². The summed E-state index contributed by atoms with van der Waals surface area (Å²) in [5, 5.41) is 1.79. The van der Waals surface area contributed by atoms with Gasteiger partial charge in [-0.25, -0.2) is 13.4 Å². The summed E-state index contributed by atoms with van der Waals surface area (Å²) in [6, 6.07) is 10.0. The van der Waals surface area contributed by atoms with Gasteiger partial charge in [-0.1, -0.05) is 18.2 Å². The molecule has 4 heterocycles.